The summed E-state index contributed by atoms with van der Waals surface area (Å²) in [7, 11) is 0. The molecule has 0 spiro atoms. The van der Waals surface area contributed by atoms with Gasteiger partial charge in [-0.1, -0.05) is 23.9 Å². The zero-order valence-corrected chi connectivity index (χ0v) is 14.3. The van der Waals surface area contributed by atoms with Gasteiger partial charge in [-0.3, -0.25) is 14.9 Å². The number of aryl methyl sites for hydroxylation is 1. The summed E-state index contributed by atoms with van der Waals surface area (Å²) < 4.78 is 2.07. The quantitative estimate of drug-likeness (QED) is 0.413. The molecule has 0 unspecified atom stereocenters. The third-order valence-electron chi connectivity index (χ3n) is 3.63. The molecular weight excluding hydrogens is 340 g/mol. The lowest BCUT2D eigenvalue weighted by Crippen LogP contribution is -2.14. The molecule has 1 aromatic heterocycles. The largest absolute Gasteiger partial charge is 0.325 e. The highest BCUT2D eigenvalue weighted by Gasteiger charge is 2.12. The summed E-state index contributed by atoms with van der Waals surface area (Å²) in [4.78, 5) is 26.8. The summed E-state index contributed by atoms with van der Waals surface area (Å²) in [5, 5.41) is 14.2. The number of fused-ring (bicyclic) bond motifs is 1. The van der Waals surface area contributed by atoms with Crippen LogP contribution in [0.15, 0.2) is 53.7 Å². The average molecular weight is 356 g/mol. The fourth-order valence-corrected chi connectivity index (χ4v) is 3.34. The zero-order chi connectivity index (χ0) is 17.8. The van der Waals surface area contributed by atoms with Gasteiger partial charge < -0.3 is 9.88 Å². The van der Waals surface area contributed by atoms with E-state index in [4.69, 9.17) is 0 Å². The molecule has 0 atom stereocenters. The second-order valence-corrected chi connectivity index (χ2v) is 6.21. The Morgan fingerprint density at radius 2 is 1.96 bits per heavy atom. The molecule has 0 bridgehead atoms. The number of amides is 1. The number of para-hydroxylation sites is 2. The molecule has 3 aromatic rings. The summed E-state index contributed by atoms with van der Waals surface area (Å²) in [5.74, 6) is 0.0221. The zero-order valence-electron chi connectivity index (χ0n) is 13.5. The Hall–Kier alpha value is -2.87. The van der Waals surface area contributed by atoms with Gasteiger partial charge in [-0.2, -0.15) is 0 Å². The van der Waals surface area contributed by atoms with Gasteiger partial charge >= 0.3 is 0 Å². The first-order valence-corrected chi connectivity index (χ1v) is 8.69. The Morgan fingerprint density at radius 1 is 1.24 bits per heavy atom. The number of nitrogens with zero attached hydrogens (tertiary/aromatic N) is 3. The lowest BCUT2D eigenvalue weighted by Gasteiger charge is -2.06. The number of benzene rings is 2. The lowest BCUT2D eigenvalue weighted by atomic mass is 10.3. The number of non-ortho nitro benzene ring substituents is 1. The van der Waals surface area contributed by atoms with Crippen molar-refractivity contribution in [3.63, 3.8) is 0 Å². The highest BCUT2D eigenvalue weighted by Crippen LogP contribution is 2.24. The van der Waals surface area contributed by atoms with Crippen LogP contribution in [0.25, 0.3) is 11.0 Å². The van der Waals surface area contributed by atoms with Gasteiger partial charge in [0.05, 0.1) is 21.7 Å². The fourth-order valence-electron chi connectivity index (χ4n) is 2.46. The maximum Gasteiger partial charge on any atom is 0.269 e. The molecule has 0 aliphatic rings. The van der Waals surface area contributed by atoms with Crippen molar-refractivity contribution < 1.29 is 9.72 Å². The fraction of sp³-hybridized carbons (Fsp3) is 0.176. The van der Waals surface area contributed by atoms with Gasteiger partial charge in [0, 0.05) is 24.4 Å². The van der Waals surface area contributed by atoms with Crippen molar-refractivity contribution in [1.82, 2.24) is 9.55 Å². The van der Waals surface area contributed by atoms with Crippen LogP contribution in [0.3, 0.4) is 0 Å². The minimum atomic E-state index is -0.476. The molecule has 0 fully saturated rings. The Bertz CT molecular complexity index is 921. The minimum absolute atomic E-state index is 0.0102. The molecule has 0 saturated heterocycles. The van der Waals surface area contributed by atoms with Gasteiger partial charge in [0.1, 0.15) is 0 Å². The smallest absolute Gasteiger partial charge is 0.269 e. The molecule has 25 heavy (non-hydrogen) atoms. The predicted molar refractivity (Wildman–Crippen MR) is 97.9 cm³/mol. The van der Waals surface area contributed by atoms with Crippen molar-refractivity contribution in [3.05, 3.63) is 58.6 Å². The van der Waals surface area contributed by atoms with Gasteiger partial charge in [0.15, 0.2) is 5.16 Å². The number of imidazole rings is 1. The van der Waals surface area contributed by atoms with E-state index < -0.39 is 4.92 Å². The molecule has 3 rings (SSSR count). The number of nitro benzene ring substituents is 1. The van der Waals surface area contributed by atoms with E-state index in [1.54, 1.807) is 0 Å². The van der Waals surface area contributed by atoms with E-state index in [1.165, 1.54) is 36.0 Å². The van der Waals surface area contributed by atoms with Gasteiger partial charge in [-0.15, -0.1) is 0 Å². The molecule has 0 aliphatic heterocycles. The number of nitrogens with one attached hydrogen (secondary N) is 1. The Morgan fingerprint density at radius 3 is 2.64 bits per heavy atom. The van der Waals surface area contributed by atoms with Crippen molar-refractivity contribution in [2.75, 3.05) is 11.1 Å². The molecule has 2 aromatic carbocycles. The number of aromatic nitrogens is 2. The van der Waals surface area contributed by atoms with Crippen LogP contribution >= 0.6 is 11.8 Å². The van der Waals surface area contributed by atoms with Gasteiger partial charge in [-0.05, 0) is 31.2 Å². The molecule has 7 nitrogen and oxygen atoms in total. The first-order chi connectivity index (χ1) is 12.1. The Balaban J connectivity index is 1.65. The highest BCUT2D eigenvalue weighted by molar-refractivity contribution is 7.99. The maximum absolute atomic E-state index is 12.1. The van der Waals surface area contributed by atoms with Crippen LogP contribution in [0.5, 0.6) is 0 Å². The van der Waals surface area contributed by atoms with Crippen molar-refractivity contribution in [3.8, 4) is 0 Å². The molecule has 0 aliphatic carbocycles. The van der Waals surface area contributed by atoms with Crippen molar-refractivity contribution >= 4 is 40.1 Å². The molecule has 1 amide bonds. The summed E-state index contributed by atoms with van der Waals surface area (Å²) in [5.41, 5.74) is 2.47. The van der Waals surface area contributed by atoms with Crippen molar-refractivity contribution in [2.24, 2.45) is 0 Å². The number of carbonyl (C=O) groups excluding carboxylic acids is 1. The van der Waals surface area contributed by atoms with Crippen LogP contribution in [0.4, 0.5) is 11.4 Å². The number of hydrogen-bond donors (Lipinski definition) is 1. The van der Waals surface area contributed by atoms with Crippen molar-refractivity contribution in [2.45, 2.75) is 18.6 Å². The number of thioether (sulfide) groups is 1. The van der Waals surface area contributed by atoms with E-state index >= 15 is 0 Å². The molecule has 0 saturated carbocycles. The molecule has 1 N–H and O–H groups in total. The number of nitro groups is 1. The van der Waals surface area contributed by atoms with Crippen LogP contribution < -0.4 is 5.32 Å². The van der Waals surface area contributed by atoms with Crippen LogP contribution in [0, 0.1) is 10.1 Å². The predicted octanol–water partition coefficient (Wildman–Crippen LogP) is 3.70. The summed E-state index contributed by atoms with van der Waals surface area (Å²) in [6, 6.07) is 13.6. The third kappa shape index (κ3) is 3.80. The van der Waals surface area contributed by atoms with Gasteiger partial charge in [0.2, 0.25) is 5.91 Å². The van der Waals surface area contributed by atoms with Gasteiger partial charge in [-0.25, -0.2) is 4.98 Å². The van der Waals surface area contributed by atoms with Crippen LogP contribution in [-0.2, 0) is 11.3 Å². The lowest BCUT2D eigenvalue weighted by molar-refractivity contribution is -0.384. The number of carbonyl (C=O) groups is 1. The third-order valence-corrected chi connectivity index (χ3v) is 4.61. The maximum atomic E-state index is 12.1. The van der Waals surface area contributed by atoms with Gasteiger partial charge in [0.25, 0.3) is 5.69 Å². The van der Waals surface area contributed by atoms with E-state index in [-0.39, 0.29) is 17.3 Å². The van der Waals surface area contributed by atoms with Crippen LogP contribution in [0.2, 0.25) is 0 Å². The molecule has 0 radical (unpaired) electrons. The number of hydrogen-bond acceptors (Lipinski definition) is 5. The standard InChI is InChI=1S/C17H16N4O3S/c1-2-20-15-6-4-3-5-14(15)19-17(20)25-11-16(22)18-12-7-9-13(10-8-12)21(23)24/h3-10H,2,11H2,1H3,(H,18,22). The second-order valence-electron chi connectivity index (χ2n) is 5.27. The van der Waals surface area contributed by atoms with E-state index in [0.29, 0.717) is 5.69 Å². The normalized spacial score (nSPS) is 10.8. The molecule has 8 heteroatoms. The van der Waals surface area contributed by atoms with Crippen molar-refractivity contribution in [1.29, 1.82) is 0 Å². The van der Waals surface area contributed by atoms with E-state index in [9.17, 15) is 14.9 Å². The Labute approximate surface area is 148 Å². The molecule has 128 valence electrons. The van der Waals surface area contributed by atoms with E-state index in [1.807, 2.05) is 31.2 Å². The number of rotatable bonds is 6. The Kier molecular flexibility index (Phi) is 4.99. The van der Waals surface area contributed by atoms with E-state index in [0.717, 1.165) is 22.7 Å². The number of anilines is 1. The summed E-state index contributed by atoms with van der Waals surface area (Å²) >= 11 is 1.36. The van der Waals surface area contributed by atoms with Crippen LogP contribution in [-0.4, -0.2) is 26.1 Å². The molecular formula is C17H16N4O3S. The van der Waals surface area contributed by atoms with E-state index in [2.05, 4.69) is 14.9 Å². The monoisotopic (exact) mass is 356 g/mol. The topological polar surface area (TPSA) is 90.1 Å². The average Bonchev–Trinajstić information content (AvgIpc) is 2.98. The first-order valence-electron chi connectivity index (χ1n) is 7.71. The van der Waals surface area contributed by atoms with Crippen LogP contribution in [0.1, 0.15) is 6.92 Å². The summed E-state index contributed by atoms with van der Waals surface area (Å²) in [6.07, 6.45) is 0. The molecule has 1 heterocycles. The highest BCUT2D eigenvalue weighted by atomic mass is 32.2. The second kappa shape index (κ2) is 7.35. The SMILES string of the molecule is CCn1c(SCC(=O)Nc2ccc([N+](=O)[O-])cc2)nc2ccccc21. The summed E-state index contributed by atoms with van der Waals surface area (Å²) in [6.45, 7) is 2.81. The minimum Gasteiger partial charge on any atom is -0.325 e. The first kappa shape index (κ1) is 17.0.